The molecule has 3 rings (SSSR count). The zero-order valence-electron chi connectivity index (χ0n) is 17.5. The molecule has 0 unspecified atom stereocenters. The first kappa shape index (κ1) is 21.8. The maximum atomic E-state index is 12.6. The molecule has 0 spiro atoms. The van der Waals surface area contributed by atoms with Gasteiger partial charge in [-0.3, -0.25) is 4.79 Å². The van der Waals surface area contributed by atoms with E-state index in [1.165, 1.54) is 4.90 Å². The molecular weight excluding hydrogens is 378 g/mol. The summed E-state index contributed by atoms with van der Waals surface area (Å²) in [5.74, 6) is -0.162. The van der Waals surface area contributed by atoms with Gasteiger partial charge in [0, 0.05) is 6.42 Å². The Labute approximate surface area is 178 Å². The van der Waals surface area contributed by atoms with E-state index >= 15 is 0 Å². The number of nitrogens with zero attached hydrogens (tertiary/aromatic N) is 1. The number of rotatable bonds is 10. The summed E-state index contributed by atoms with van der Waals surface area (Å²) in [5, 5.41) is 0. The van der Waals surface area contributed by atoms with E-state index in [1.807, 2.05) is 67.6 Å². The van der Waals surface area contributed by atoms with Crippen LogP contribution in [0.25, 0.3) is 0 Å². The summed E-state index contributed by atoms with van der Waals surface area (Å²) in [4.78, 5) is 26.0. The van der Waals surface area contributed by atoms with Gasteiger partial charge in [-0.05, 0) is 37.3 Å². The van der Waals surface area contributed by atoms with E-state index < -0.39 is 6.09 Å². The Balaban J connectivity index is 1.39. The van der Waals surface area contributed by atoms with Crippen LogP contribution in [0.4, 0.5) is 4.79 Å². The molecule has 0 bridgehead atoms. The lowest BCUT2D eigenvalue weighted by Gasteiger charge is -2.19. The van der Waals surface area contributed by atoms with Crippen molar-refractivity contribution in [3.8, 4) is 0 Å². The second-order valence-corrected chi connectivity index (χ2v) is 7.61. The summed E-state index contributed by atoms with van der Waals surface area (Å²) in [6.45, 7) is 3.45. The van der Waals surface area contributed by atoms with Crippen molar-refractivity contribution >= 4 is 12.0 Å². The molecular formula is C25H29NO4. The highest BCUT2D eigenvalue weighted by atomic mass is 16.6. The van der Waals surface area contributed by atoms with Crippen molar-refractivity contribution in [3.63, 3.8) is 0 Å². The lowest BCUT2D eigenvalue weighted by Crippen LogP contribution is -2.40. The van der Waals surface area contributed by atoms with Crippen LogP contribution < -0.4 is 0 Å². The fraction of sp³-hybridized carbons (Fsp3) is 0.360. The molecule has 1 aliphatic heterocycles. The lowest BCUT2D eigenvalue weighted by atomic mass is 10.1. The van der Waals surface area contributed by atoms with Crippen LogP contribution >= 0.6 is 0 Å². The molecule has 2 aromatic carbocycles. The summed E-state index contributed by atoms with van der Waals surface area (Å²) in [5.41, 5.74) is 3.38. The van der Waals surface area contributed by atoms with Crippen LogP contribution in [0.15, 0.2) is 72.3 Å². The molecule has 30 heavy (non-hydrogen) atoms. The Morgan fingerprint density at radius 2 is 1.77 bits per heavy atom. The van der Waals surface area contributed by atoms with Crippen LogP contribution in [-0.4, -0.2) is 36.2 Å². The van der Waals surface area contributed by atoms with E-state index in [2.05, 4.69) is 6.08 Å². The quantitative estimate of drug-likeness (QED) is 0.415. The second-order valence-electron chi connectivity index (χ2n) is 7.61. The number of imide groups is 1. The summed E-state index contributed by atoms with van der Waals surface area (Å²) in [6, 6.07) is 19.7. The lowest BCUT2D eigenvalue weighted by molar-refractivity contribution is -0.129. The standard InChI is InChI=1S/C25H29NO4/c1-20(17-29-18-22-13-6-3-7-14-22)10-8-9-15-24(27)26-23(19-30-25(26)28)16-21-11-4-2-5-12-21/h2-7,10-14,23H,8-9,15-19H2,1H3/b20-10-/t23-/m1/s1. The molecule has 0 radical (unpaired) electrons. The summed E-state index contributed by atoms with van der Waals surface area (Å²) >= 11 is 0. The first-order valence-electron chi connectivity index (χ1n) is 10.4. The highest BCUT2D eigenvalue weighted by Gasteiger charge is 2.37. The molecule has 5 heteroatoms. The number of carbonyl (C=O) groups is 2. The van der Waals surface area contributed by atoms with Gasteiger partial charge in [-0.15, -0.1) is 0 Å². The number of benzene rings is 2. The van der Waals surface area contributed by atoms with E-state index in [-0.39, 0.29) is 18.6 Å². The fourth-order valence-electron chi connectivity index (χ4n) is 3.49. The minimum atomic E-state index is -0.526. The van der Waals surface area contributed by atoms with Gasteiger partial charge in [-0.1, -0.05) is 72.3 Å². The SMILES string of the molecule is C/C(=C/CCCC(=O)N1C(=O)OC[C@H]1Cc1ccccc1)COCc1ccccc1. The maximum absolute atomic E-state index is 12.6. The molecule has 2 aromatic rings. The minimum absolute atomic E-state index is 0.162. The van der Waals surface area contributed by atoms with Crippen molar-refractivity contribution in [1.82, 2.24) is 4.90 Å². The summed E-state index contributed by atoms with van der Waals surface area (Å²) < 4.78 is 10.9. The van der Waals surface area contributed by atoms with E-state index in [4.69, 9.17) is 9.47 Å². The van der Waals surface area contributed by atoms with Gasteiger partial charge in [0.2, 0.25) is 5.91 Å². The normalized spacial score (nSPS) is 16.6. The van der Waals surface area contributed by atoms with E-state index in [9.17, 15) is 9.59 Å². The van der Waals surface area contributed by atoms with E-state index in [0.717, 1.165) is 23.1 Å². The summed E-state index contributed by atoms with van der Waals surface area (Å²) in [7, 11) is 0. The topological polar surface area (TPSA) is 55.8 Å². The van der Waals surface area contributed by atoms with Gasteiger partial charge in [0.05, 0.1) is 19.3 Å². The zero-order valence-corrected chi connectivity index (χ0v) is 17.5. The molecule has 5 nitrogen and oxygen atoms in total. The molecule has 1 atom stereocenters. The highest BCUT2D eigenvalue weighted by Crippen LogP contribution is 2.19. The van der Waals surface area contributed by atoms with E-state index in [1.54, 1.807) is 0 Å². The Bertz CT molecular complexity index is 848. The third kappa shape index (κ3) is 6.56. The van der Waals surface area contributed by atoms with Gasteiger partial charge in [0.15, 0.2) is 0 Å². The smallest absolute Gasteiger partial charge is 0.416 e. The largest absolute Gasteiger partial charge is 0.447 e. The first-order valence-corrected chi connectivity index (χ1v) is 10.4. The highest BCUT2D eigenvalue weighted by molar-refractivity contribution is 5.93. The molecule has 158 valence electrons. The monoisotopic (exact) mass is 407 g/mol. The molecule has 0 saturated carbocycles. The van der Waals surface area contributed by atoms with Gasteiger partial charge >= 0.3 is 6.09 Å². The molecule has 0 aromatic heterocycles. The van der Waals surface area contributed by atoms with Crippen LogP contribution in [0.1, 0.15) is 37.3 Å². The van der Waals surface area contributed by atoms with Crippen LogP contribution in [0, 0.1) is 0 Å². The zero-order chi connectivity index (χ0) is 21.2. The van der Waals surface area contributed by atoms with Crippen LogP contribution in [0.3, 0.4) is 0 Å². The molecule has 1 saturated heterocycles. The Kier molecular flexibility index (Phi) is 8.21. The number of unbranched alkanes of at least 4 members (excludes halogenated alkanes) is 1. The van der Waals surface area contributed by atoms with Crippen molar-refractivity contribution in [2.45, 2.75) is 45.3 Å². The molecule has 1 heterocycles. The Hall–Kier alpha value is -2.92. The number of hydrogen-bond acceptors (Lipinski definition) is 4. The molecule has 0 aliphatic carbocycles. The third-order valence-corrected chi connectivity index (χ3v) is 5.07. The van der Waals surface area contributed by atoms with Gasteiger partial charge in [-0.25, -0.2) is 9.69 Å². The van der Waals surface area contributed by atoms with Crippen LogP contribution in [0.5, 0.6) is 0 Å². The second kappa shape index (κ2) is 11.3. The fourth-order valence-corrected chi connectivity index (χ4v) is 3.49. The molecule has 0 N–H and O–H groups in total. The predicted molar refractivity (Wildman–Crippen MR) is 116 cm³/mol. The molecule has 1 aliphatic rings. The number of carbonyl (C=O) groups excluding carboxylic acids is 2. The van der Waals surface area contributed by atoms with Gasteiger partial charge < -0.3 is 9.47 Å². The number of hydrogen-bond donors (Lipinski definition) is 0. The van der Waals surface area contributed by atoms with Crippen molar-refractivity contribution < 1.29 is 19.1 Å². The van der Waals surface area contributed by atoms with Crippen LogP contribution in [-0.2, 0) is 27.3 Å². The van der Waals surface area contributed by atoms with Crippen molar-refractivity contribution in [2.75, 3.05) is 13.2 Å². The molecule has 2 amide bonds. The average Bonchev–Trinajstić information content (AvgIpc) is 3.12. The Morgan fingerprint density at radius 1 is 1.10 bits per heavy atom. The van der Waals surface area contributed by atoms with Crippen molar-refractivity contribution in [1.29, 1.82) is 0 Å². The Morgan fingerprint density at radius 3 is 2.47 bits per heavy atom. The number of ether oxygens (including phenoxy) is 2. The summed E-state index contributed by atoms with van der Waals surface area (Å²) in [6.07, 6.45) is 3.99. The van der Waals surface area contributed by atoms with Gasteiger partial charge in [0.25, 0.3) is 0 Å². The van der Waals surface area contributed by atoms with Gasteiger partial charge in [-0.2, -0.15) is 0 Å². The first-order chi connectivity index (χ1) is 14.6. The average molecular weight is 408 g/mol. The predicted octanol–water partition coefficient (Wildman–Crippen LogP) is 4.91. The molecule has 1 fully saturated rings. The number of cyclic esters (lactones) is 1. The van der Waals surface area contributed by atoms with Crippen molar-refractivity contribution in [3.05, 3.63) is 83.4 Å². The van der Waals surface area contributed by atoms with Crippen molar-refractivity contribution in [2.24, 2.45) is 0 Å². The van der Waals surface area contributed by atoms with E-state index in [0.29, 0.717) is 32.5 Å². The third-order valence-electron chi connectivity index (χ3n) is 5.07. The van der Waals surface area contributed by atoms with Gasteiger partial charge in [0.1, 0.15) is 6.61 Å². The van der Waals surface area contributed by atoms with Crippen LogP contribution in [0.2, 0.25) is 0 Å². The number of amides is 2. The number of allylic oxidation sites excluding steroid dienone is 1. The maximum Gasteiger partial charge on any atom is 0.416 e. The minimum Gasteiger partial charge on any atom is -0.447 e.